The van der Waals surface area contributed by atoms with Crippen LogP contribution in [0.4, 0.5) is 0 Å². The van der Waals surface area contributed by atoms with Gasteiger partial charge in [-0.25, -0.2) is 0 Å². The maximum absolute atomic E-state index is 9.91. The van der Waals surface area contributed by atoms with Gasteiger partial charge in [-0.2, -0.15) is 11.8 Å². The predicted molar refractivity (Wildman–Crippen MR) is 30.6 cm³/mol. The first kappa shape index (κ1) is 6.82. The number of carbonyl (C=O) groups is 1. The summed E-state index contributed by atoms with van der Waals surface area (Å²) in [6.07, 6.45) is 1.78. The molecule has 42 valence electrons. The van der Waals surface area contributed by atoms with Gasteiger partial charge in [0.2, 0.25) is 0 Å². The third-order valence-electron chi connectivity index (χ3n) is 0.701. The lowest BCUT2D eigenvalue weighted by Gasteiger charge is -1.96. The molecule has 0 saturated carbocycles. The number of thioether (sulfide) groups is 1. The van der Waals surface area contributed by atoms with E-state index in [0.29, 0.717) is 0 Å². The standard InChI is InChI=1S/C4H8O2S/c1-3(7-2)4(5)6/h3H,1-2H3,(H,5,6)/t3-/m1/s1. The zero-order valence-corrected chi connectivity index (χ0v) is 5.16. The van der Waals surface area contributed by atoms with Crippen molar-refractivity contribution in [3.63, 3.8) is 0 Å². The second-order valence-electron chi connectivity index (χ2n) is 1.22. The zero-order chi connectivity index (χ0) is 5.86. The Balaban J connectivity index is 3.34. The number of carboxylic acid groups (broad SMARTS) is 1. The van der Waals surface area contributed by atoms with Gasteiger partial charge in [-0.15, -0.1) is 0 Å². The van der Waals surface area contributed by atoms with Crippen molar-refractivity contribution < 1.29 is 9.90 Å². The smallest absolute Gasteiger partial charge is 0.316 e. The van der Waals surface area contributed by atoms with Gasteiger partial charge in [0.25, 0.3) is 0 Å². The van der Waals surface area contributed by atoms with Gasteiger partial charge in [0.05, 0.1) is 5.25 Å². The van der Waals surface area contributed by atoms with E-state index < -0.39 is 5.97 Å². The van der Waals surface area contributed by atoms with Crippen molar-refractivity contribution in [2.45, 2.75) is 12.2 Å². The van der Waals surface area contributed by atoms with Crippen molar-refractivity contribution in [1.29, 1.82) is 0 Å². The highest BCUT2D eigenvalue weighted by Gasteiger charge is 2.05. The third-order valence-corrected chi connectivity index (χ3v) is 1.61. The van der Waals surface area contributed by atoms with Crippen LogP contribution in [0.25, 0.3) is 0 Å². The molecule has 0 aliphatic heterocycles. The molecule has 1 N–H and O–H groups in total. The van der Waals surface area contributed by atoms with Crippen LogP contribution >= 0.6 is 11.8 Å². The van der Waals surface area contributed by atoms with Crippen molar-refractivity contribution >= 4 is 17.7 Å². The number of rotatable bonds is 2. The van der Waals surface area contributed by atoms with Gasteiger partial charge in [-0.05, 0) is 13.2 Å². The van der Waals surface area contributed by atoms with Crippen LogP contribution in [0.5, 0.6) is 0 Å². The van der Waals surface area contributed by atoms with Crippen LogP contribution in [-0.4, -0.2) is 22.6 Å². The zero-order valence-electron chi connectivity index (χ0n) is 4.34. The Morgan fingerprint density at radius 3 is 2.29 bits per heavy atom. The first-order valence-corrected chi connectivity index (χ1v) is 3.23. The minimum Gasteiger partial charge on any atom is -0.480 e. The van der Waals surface area contributed by atoms with Crippen molar-refractivity contribution in [1.82, 2.24) is 0 Å². The van der Waals surface area contributed by atoms with E-state index in [1.807, 2.05) is 0 Å². The Labute approximate surface area is 46.9 Å². The summed E-state index contributed by atoms with van der Waals surface area (Å²) in [7, 11) is 0. The van der Waals surface area contributed by atoms with Crippen LogP contribution < -0.4 is 0 Å². The SMILES string of the molecule is CS[C@H](C)C(=O)O. The first-order valence-electron chi connectivity index (χ1n) is 1.94. The normalized spacial score (nSPS) is 13.4. The lowest BCUT2D eigenvalue weighted by molar-refractivity contribution is -0.136. The first-order chi connectivity index (χ1) is 3.18. The topological polar surface area (TPSA) is 37.3 Å². The second kappa shape index (κ2) is 2.91. The molecular formula is C4H8O2S. The highest BCUT2D eigenvalue weighted by molar-refractivity contribution is 7.99. The van der Waals surface area contributed by atoms with E-state index in [1.54, 1.807) is 13.2 Å². The van der Waals surface area contributed by atoms with Gasteiger partial charge < -0.3 is 5.11 Å². The molecule has 0 saturated heterocycles. The van der Waals surface area contributed by atoms with Gasteiger partial charge >= 0.3 is 5.97 Å². The molecule has 0 bridgehead atoms. The van der Waals surface area contributed by atoms with E-state index in [0.717, 1.165) is 0 Å². The number of carboxylic acids is 1. The molecule has 0 unspecified atom stereocenters. The summed E-state index contributed by atoms with van der Waals surface area (Å²) in [6.45, 7) is 1.66. The van der Waals surface area contributed by atoms with Crippen LogP contribution in [0.1, 0.15) is 6.92 Å². The summed E-state index contributed by atoms with van der Waals surface area (Å²) < 4.78 is 0. The van der Waals surface area contributed by atoms with E-state index in [2.05, 4.69) is 0 Å². The summed E-state index contributed by atoms with van der Waals surface area (Å²) in [4.78, 5) is 9.91. The number of hydrogen-bond donors (Lipinski definition) is 1. The summed E-state index contributed by atoms with van der Waals surface area (Å²) in [5.74, 6) is -0.743. The Kier molecular flexibility index (Phi) is 2.83. The number of hydrogen-bond acceptors (Lipinski definition) is 2. The van der Waals surface area contributed by atoms with Crippen molar-refractivity contribution in [2.75, 3.05) is 6.26 Å². The predicted octanol–water partition coefficient (Wildman–Crippen LogP) is 0.823. The summed E-state index contributed by atoms with van der Waals surface area (Å²) in [5.41, 5.74) is 0. The molecule has 0 spiro atoms. The quantitative estimate of drug-likeness (QED) is 0.586. The maximum Gasteiger partial charge on any atom is 0.316 e. The molecule has 0 amide bonds. The number of aliphatic carboxylic acids is 1. The maximum atomic E-state index is 9.91. The molecule has 0 fully saturated rings. The largest absolute Gasteiger partial charge is 0.480 e. The van der Waals surface area contributed by atoms with Gasteiger partial charge in [-0.1, -0.05) is 0 Å². The van der Waals surface area contributed by atoms with Crippen LogP contribution in [0.15, 0.2) is 0 Å². The lowest BCUT2D eigenvalue weighted by Crippen LogP contribution is -2.09. The van der Waals surface area contributed by atoms with Crippen LogP contribution in [0, 0.1) is 0 Å². The second-order valence-corrected chi connectivity index (χ2v) is 2.39. The minimum atomic E-state index is -0.743. The van der Waals surface area contributed by atoms with Crippen LogP contribution in [0.3, 0.4) is 0 Å². The Hall–Kier alpha value is -0.180. The Morgan fingerprint density at radius 1 is 1.86 bits per heavy atom. The molecule has 0 aliphatic carbocycles. The Morgan fingerprint density at radius 2 is 2.29 bits per heavy atom. The summed E-state index contributed by atoms with van der Waals surface area (Å²) in [5, 5.41) is 7.90. The van der Waals surface area contributed by atoms with Crippen molar-refractivity contribution in [2.24, 2.45) is 0 Å². The van der Waals surface area contributed by atoms with E-state index in [1.165, 1.54) is 11.8 Å². The van der Waals surface area contributed by atoms with E-state index in [9.17, 15) is 4.79 Å². The molecule has 0 aliphatic rings. The third kappa shape index (κ3) is 2.51. The lowest BCUT2D eigenvalue weighted by atomic mass is 10.5. The van der Waals surface area contributed by atoms with Crippen molar-refractivity contribution in [3.05, 3.63) is 0 Å². The molecule has 0 aromatic carbocycles. The molecule has 0 aromatic rings. The molecule has 3 heteroatoms. The molecule has 0 aromatic heterocycles. The minimum absolute atomic E-state index is 0.264. The van der Waals surface area contributed by atoms with Gasteiger partial charge in [-0.3, -0.25) is 4.79 Å². The molecule has 0 rings (SSSR count). The van der Waals surface area contributed by atoms with E-state index >= 15 is 0 Å². The van der Waals surface area contributed by atoms with Gasteiger partial charge in [0, 0.05) is 0 Å². The van der Waals surface area contributed by atoms with E-state index in [4.69, 9.17) is 5.11 Å². The highest BCUT2D eigenvalue weighted by Crippen LogP contribution is 2.02. The van der Waals surface area contributed by atoms with Crippen LogP contribution in [-0.2, 0) is 4.79 Å². The monoisotopic (exact) mass is 120 g/mol. The van der Waals surface area contributed by atoms with E-state index in [-0.39, 0.29) is 5.25 Å². The Bertz CT molecular complexity index is 72.1. The summed E-state index contributed by atoms with van der Waals surface area (Å²) in [6, 6.07) is 0. The highest BCUT2D eigenvalue weighted by atomic mass is 32.2. The molecule has 1 atom stereocenters. The molecule has 0 heterocycles. The average Bonchev–Trinajstić information content (AvgIpc) is 1.65. The van der Waals surface area contributed by atoms with Gasteiger partial charge in [0.1, 0.15) is 0 Å². The molecule has 2 nitrogen and oxygen atoms in total. The molecule has 0 radical (unpaired) electrons. The molecule has 7 heavy (non-hydrogen) atoms. The fraction of sp³-hybridized carbons (Fsp3) is 0.750. The van der Waals surface area contributed by atoms with Crippen molar-refractivity contribution in [3.8, 4) is 0 Å². The van der Waals surface area contributed by atoms with Gasteiger partial charge in [0.15, 0.2) is 0 Å². The summed E-state index contributed by atoms with van der Waals surface area (Å²) >= 11 is 1.33. The molecular weight excluding hydrogens is 112 g/mol. The average molecular weight is 120 g/mol. The van der Waals surface area contributed by atoms with Crippen LogP contribution in [0.2, 0.25) is 0 Å². The fourth-order valence-corrected chi connectivity index (χ4v) is 0.302. The fourth-order valence-electron chi connectivity index (χ4n) is 0.101.